The normalized spacial score (nSPS) is 23.5. The van der Waals surface area contributed by atoms with E-state index in [1.54, 1.807) is 44.6 Å². The molecule has 3 aromatic rings. The predicted molar refractivity (Wildman–Crippen MR) is 185 cm³/mol. The van der Waals surface area contributed by atoms with Crippen molar-refractivity contribution in [2.45, 2.75) is 88.3 Å². The van der Waals surface area contributed by atoms with Crippen molar-refractivity contribution in [1.29, 1.82) is 0 Å². The lowest BCUT2D eigenvalue weighted by atomic mass is 10.1. The van der Waals surface area contributed by atoms with Crippen molar-refractivity contribution in [3.8, 4) is 34.1 Å². The third-order valence-corrected chi connectivity index (χ3v) is 11.7. The van der Waals surface area contributed by atoms with E-state index in [2.05, 4.69) is 26.6 Å². The third kappa shape index (κ3) is 7.07. The van der Waals surface area contributed by atoms with Gasteiger partial charge >= 0.3 is 0 Å². The number of sulfonamides is 1. The van der Waals surface area contributed by atoms with E-state index >= 15 is 0 Å². The molecular formula is C36H42N6O7S. The number of carbonyl (C=O) groups excluding carboxylic acids is 3. The number of likely N-dealkylation sites (tertiary alicyclic amines) is 1. The topological polar surface area (TPSA) is 170 Å². The monoisotopic (exact) mass is 702 g/mol. The number of nitrogens with zero attached hydrogens (tertiary/aromatic N) is 4. The fourth-order valence-electron chi connectivity index (χ4n) is 6.18. The molecule has 2 saturated carbocycles. The van der Waals surface area contributed by atoms with Gasteiger partial charge in [-0.1, -0.05) is 13.0 Å². The van der Waals surface area contributed by atoms with Crippen LogP contribution in [-0.4, -0.2) is 81.1 Å². The maximum Gasteiger partial charge on any atom is 0.259 e. The number of aromatic nitrogens is 3. The highest BCUT2D eigenvalue weighted by molar-refractivity contribution is 7.91. The molecule has 4 atom stereocenters. The third-order valence-electron chi connectivity index (χ3n) is 9.52. The fraction of sp³-hybridized carbons (Fsp3) is 0.444. The largest absolute Gasteiger partial charge is 0.491 e. The van der Waals surface area contributed by atoms with Crippen molar-refractivity contribution in [3.05, 3.63) is 67.6 Å². The highest BCUT2D eigenvalue weighted by Gasteiger charge is 2.63. The van der Waals surface area contributed by atoms with E-state index in [4.69, 9.17) is 14.5 Å². The van der Waals surface area contributed by atoms with Crippen LogP contribution in [0.15, 0.2) is 67.6 Å². The first-order chi connectivity index (χ1) is 23.8. The molecule has 264 valence electrons. The smallest absolute Gasteiger partial charge is 0.259 e. The standard InChI is InChI=1S/C36H42N6O7S/c1-6-24-19-36(24,34(45)41-50(46,47)35(5)12-13-35)40-33(44)31-18-27(21-42(31)32(43)7-2)49-26-16-28(23-8-10-25(11-9-23)48-22(3)4)39-29(17-26)30-20-37-14-15-38-30/h6,8-11,14-17,20,22,24,27,31H,1,7,12-13,18-19,21H2,2-5H3,(H,40,44)(H,41,45). The Labute approximate surface area is 291 Å². The van der Waals surface area contributed by atoms with Crippen LogP contribution in [0.3, 0.4) is 0 Å². The van der Waals surface area contributed by atoms with Gasteiger partial charge in [-0.15, -0.1) is 6.58 Å². The predicted octanol–water partition coefficient (Wildman–Crippen LogP) is 3.81. The van der Waals surface area contributed by atoms with Crippen molar-refractivity contribution in [3.63, 3.8) is 0 Å². The Bertz CT molecular complexity index is 1900. The molecule has 3 heterocycles. The summed E-state index contributed by atoms with van der Waals surface area (Å²) in [5.41, 5.74) is 1.01. The highest BCUT2D eigenvalue weighted by Crippen LogP contribution is 2.47. The average Bonchev–Trinajstić information content (AvgIpc) is 3.98. The molecule has 50 heavy (non-hydrogen) atoms. The maximum absolute atomic E-state index is 13.9. The van der Waals surface area contributed by atoms with Gasteiger partial charge in [0, 0.05) is 48.8 Å². The van der Waals surface area contributed by atoms with Gasteiger partial charge in [-0.3, -0.25) is 29.1 Å². The van der Waals surface area contributed by atoms with Crippen LogP contribution in [-0.2, 0) is 24.4 Å². The summed E-state index contributed by atoms with van der Waals surface area (Å²) in [5, 5.41) is 2.80. The number of hydrogen-bond donors (Lipinski definition) is 2. The SMILES string of the molecule is C=CC1CC1(NC(=O)C1CC(Oc2cc(-c3ccc(OC(C)C)cc3)nc(-c3cnccn3)c2)CN1C(=O)CC)C(=O)NS(=O)(=O)C1(C)CC1. The Balaban J connectivity index is 1.24. The molecule has 3 aliphatic rings. The van der Waals surface area contributed by atoms with Crippen molar-refractivity contribution in [2.75, 3.05) is 6.54 Å². The van der Waals surface area contributed by atoms with E-state index in [1.807, 2.05) is 38.1 Å². The zero-order chi connectivity index (χ0) is 35.8. The van der Waals surface area contributed by atoms with Crippen molar-refractivity contribution in [1.82, 2.24) is 29.9 Å². The Morgan fingerprint density at radius 2 is 1.80 bits per heavy atom. The first-order valence-electron chi connectivity index (χ1n) is 16.8. The number of hydrogen-bond acceptors (Lipinski definition) is 10. The van der Waals surface area contributed by atoms with Crippen LogP contribution in [0.5, 0.6) is 11.5 Å². The minimum Gasteiger partial charge on any atom is -0.491 e. The van der Waals surface area contributed by atoms with Crippen LogP contribution < -0.4 is 19.5 Å². The molecule has 13 nitrogen and oxygen atoms in total. The molecule has 1 aromatic carbocycles. The van der Waals surface area contributed by atoms with Crippen LogP contribution >= 0.6 is 0 Å². The molecular weight excluding hydrogens is 660 g/mol. The van der Waals surface area contributed by atoms with Gasteiger partial charge in [-0.2, -0.15) is 0 Å². The second-order valence-corrected chi connectivity index (χ2v) is 15.8. The second-order valence-electron chi connectivity index (χ2n) is 13.6. The Morgan fingerprint density at radius 1 is 1.08 bits per heavy atom. The number of rotatable bonds is 13. The number of nitrogens with one attached hydrogen (secondary N) is 2. The number of carbonyl (C=O) groups is 3. The zero-order valence-corrected chi connectivity index (χ0v) is 29.4. The first-order valence-corrected chi connectivity index (χ1v) is 18.3. The van der Waals surface area contributed by atoms with Crippen LogP contribution in [0.4, 0.5) is 0 Å². The molecule has 0 spiro atoms. The summed E-state index contributed by atoms with van der Waals surface area (Å²) in [6.45, 7) is 11.1. The summed E-state index contributed by atoms with van der Waals surface area (Å²) in [7, 11) is -3.93. The van der Waals surface area contributed by atoms with E-state index in [9.17, 15) is 22.8 Å². The summed E-state index contributed by atoms with van der Waals surface area (Å²) < 4.78 is 39.2. The van der Waals surface area contributed by atoms with Gasteiger partial charge in [0.2, 0.25) is 21.8 Å². The second kappa shape index (κ2) is 13.5. The van der Waals surface area contributed by atoms with Crippen molar-refractivity contribution in [2.24, 2.45) is 5.92 Å². The lowest BCUT2D eigenvalue weighted by Crippen LogP contribution is -2.57. The average molecular weight is 703 g/mol. The summed E-state index contributed by atoms with van der Waals surface area (Å²) in [6.07, 6.45) is 7.12. The van der Waals surface area contributed by atoms with Gasteiger partial charge in [-0.25, -0.2) is 13.4 Å². The molecule has 1 saturated heterocycles. The lowest BCUT2D eigenvalue weighted by molar-refractivity contribution is -0.139. The van der Waals surface area contributed by atoms with E-state index in [-0.39, 0.29) is 37.8 Å². The molecule has 1 aliphatic heterocycles. The van der Waals surface area contributed by atoms with Gasteiger partial charge in [-0.05, 0) is 64.3 Å². The molecule has 6 rings (SSSR count). The van der Waals surface area contributed by atoms with E-state index < -0.39 is 50.2 Å². The quantitative estimate of drug-likeness (QED) is 0.250. The Morgan fingerprint density at radius 3 is 2.40 bits per heavy atom. The minimum atomic E-state index is -3.93. The Hall–Kier alpha value is -4.85. The van der Waals surface area contributed by atoms with Crippen molar-refractivity contribution < 1.29 is 32.3 Å². The van der Waals surface area contributed by atoms with E-state index in [0.29, 0.717) is 35.7 Å². The van der Waals surface area contributed by atoms with Gasteiger partial charge in [0.05, 0.1) is 35.0 Å². The fourth-order valence-corrected chi connectivity index (χ4v) is 7.49. The highest BCUT2D eigenvalue weighted by atomic mass is 32.2. The van der Waals surface area contributed by atoms with Crippen LogP contribution in [0.25, 0.3) is 22.6 Å². The molecule has 0 radical (unpaired) electrons. The molecule has 3 amide bonds. The number of ether oxygens (including phenoxy) is 2. The molecule has 2 aliphatic carbocycles. The van der Waals surface area contributed by atoms with Crippen LogP contribution in [0.2, 0.25) is 0 Å². The van der Waals surface area contributed by atoms with Gasteiger partial charge in [0.15, 0.2) is 0 Å². The molecule has 2 N–H and O–H groups in total. The molecule has 14 heteroatoms. The Kier molecular flexibility index (Phi) is 9.42. The minimum absolute atomic E-state index is 0.0258. The first kappa shape index (κ1) is 35.0. The van der Waals surface area contributed by atoms with Gasteiger partial charge < -0.3 is 19.7 Å². The van der Waals surface area contributed by atoms with E-state index in [1.165, 1.54) is 11.0 Å². The lowest BCUT2D eigenvalue weighted by Gasteiger charge is -2.26. The molecule has 4 unspecified atom stereocenters. The van der Waals surface area contributed by atoms with Crippen molar-refractivity contribution >= 4 is 27.7 Å². The van der Waals surface area contributed by atoms with E-state index in [0.717, 1.165) is 11.3 Å². The summed E-state index contributed by atoms with van der Waals surface area (Å²) in [5.74, 6) is -0.895. The van der Waals surface area contributed by atoms with Crippen LogP contribution in [0, 0.1) is 5.92 Å². The van der Waals surface area contributed by atoms with Gasteiger partial charge in [0.1, 0.15) is 34.9 Å². The number of amides is 3. The zero-order valence-electron chi connectivity index (χ0n) is 28.6. The number of pyridine rings is 1. The number of benzene rings is 1. The van der Waals surface area contributed by atoms with Gasteiger partial charge in [0.25, 0.3) is 5.91 Å². The molecule has 3 fully saturated rings. The molecule has 0 bridgehead atoms. The summed E-state index contributed by atoms with van der Waals surface area (Å²) in [6, 6.07) is 10.1. The summed E-state index contributed by atoms with van der Waals surface area (Å²) >= 11 is 0. The molecule has 2 aromatic heterocycles. The summed E-state index contributed by atoms with van der Waals surface area (Å²) in [4.78, 5) is 55.3. The maximum atomic E-state index is 13.9. The van der Waals surface area contributed by atoms with Crippen LogP contribution in [0.1, 0.15) is 59.8 Å².